The zero-order valence-corrected chi connectivity index (χ0v) is 11.9. The number of carbonyl (C=O) groups is 1. The Morgan fingerprint density at radius 1 is 1.05 bits per heavy atom. The molecule has 1 unspecified atom stereocenters. The highest BCUT2D eigenvalue weighted by Crippen LogP contribution is 2.38. The summed E-state index contributed by atoms with van der Waals surface area (Å²) in [5.74, 6) is 1.07. The highest BCUT2D eigenvalue weighted by Gasteiger charge is 2.35. The topological polar surface area (TPSA) is 64.8 Å². The molecule has 0 bridgehead atoms. The summed E-state index contributed by atoms with van der Waals surface area (Å²) in [6.45, 7) is 0. The third kappa shape index (κ3) is 2.02. The van der Waals surface area contributed by atoms with Gasteiger partial charge in [-0.2, -0.15) is 0 Å². The van der Waals surface area contributed by atoms with Crippen LogP contribution in [0.4, 0.5) is 5.69 Å². The molecule has 5 nitrogen and oxygen atoms in total. The Morgan fingerprint density at radius 2 is 1.76 bits per heavy atom. The van der Waals surface area contributed by atoms with E-state index in [9.17, 15) is 4.79 Å². The second-order valence-corrected chi connectivity index (χ2v) is 4.75. The van der Waals surface area contributed by atoms with Crippen LogP contribution in [-0.4, -0.2) is 20.1 Å². The Morgan fingerprint density at radius 3 is 2.43 bits per heavy atom. The molecule has 0 radical (unpaired) electrons. The molecule has 2 N–H and O–H groups in total. The SMILES string of the molecule is COc1ccc(N2C(=O)c3ccccc3C2N)cc1OC. The molecule has 0 aromatic heterocycles. The first-order chi connectivity index (χ1) is 10.2. The summed E-state index contributed by atoms with van der Waals surface area (Å²) in [4.78, 5) is 14.1. The number of carbonyl (C=O) groups excluding carboxylic acids is 1. The lowest BCUT2D eigenvalue weighted by Crippen LogP contribution is -2.32. The molecule has 1 heterocycles. The molecule has 108 valence electrons. The van der Waals surface area contributed by atoms with E-state index in [0.717, 1.165) is 5.56 Å². The number of nitrogens with zero attached hydrogens (tertiary/aromatic N) is 1. The van der Waals surface area contributed by atoms with Gasteiger partial charge in [0, 0.05) is 22.9 Å². The van der Waals surface area contributed by atoms with Gasteiger partial charge in [-0.3, -0.25) is 9.69 Å². The van der Waals surface area contributed by atoms with Crippen LogP contribution >= 0.6 is 0 Å². The van der Waals surface area contributed by atoms with Crippen molar-refractivity contribution < 1.29 is 14.3 Å². The van der Waals surface area contributed by atoms with Crippen LogP contribution in [0.1, 0.15) is 22.1 Å². The maximum atomic E-state index is 12.5. The van der Waals surface area contributed by atoms with Crippen molar-refractivity contribution in [3.8, 4) is 11.5 Å². The summed E-state index contributed by atoms with van der Waals surface area (Å²) < 4.78 is 10.5. The number of rotatable bonds is 3. The maximum absolute atomic E-state index is 12.5. The van der Waals surface area contributed by atoms with Crippen LogP contribution in [0, 0.1) is 0 Å². The lowest BCUT2D eigenvalue weighted by atomic mass is 10.1. The number of benzene rings is 2. The number of amides is 1. The molecule has 3 rings (SSSR count). The first-order valence-electron chi connectivity index (χ1n) is 6.57. The molecule has 1 aliphatic rings. The zero-order chi connectivity index (χ0) is 15.0. The Bertz CT molecular complexity index is 700. The number of fused-ring (bicyclic) bond motifs is 1. The summed E-state index contributed by atoms with van der Waals surface area (Å²) in [6.07, 6.45) is -0.494. The molecule has 0 saturated heterocycles. The van der Waals surface area contributed by atoms with Crippen molar-refractivity contribution in [1.82, 2.24) is 0 Å². The van der Waals surface area contributed by atoms with Crippen molar-refractivity contribution >= 4 is 11.6 Å². The second-order valence-electron chi connectivity index (χ2n) is 4.75. The van der Waals surface area contributed by atoms with Crippen molar-refractivity contribution in [2.24, 2.45) is 5.73 Å². The summed E-state index contributed by atoms with van der Waals surface area (Å²) in [7, 11) is 3.13. The Kier molecular flexibility index (Phi) is 3.27. The van der Waals surface area contributed by atoms with E-state index >= 15 is 0 Å². The number of ether oxygens (including phenoxy) is 2. The molecule has 0 spiro atoms. The molecule has 1 amide bonds. The van der Waals surface area contributed by atoms with Gasteiger partial charge in [-0.15, -0.1) is 0 Å². The molecule has 0 fully saturated rings. The molecule has 2 aromatic carbocycles. The number of methoxy groups -OCH3 is 2. The number of anilines is 1. The number of nitrogens with two attached hydrogens (primary N) is 1. The molecular formula is C16H16N2O3. The van der Waals surface area contributed by atoms with E-state index in [0.29, 0.717) is 22.7 Å². The van der Waals surface area contributed by atoms with E-state index < -0.39 is 6.17 Å². The average molecular weight is 284 g/mol. The normalized spacial score (nSPS) is 16.8. The summed E-state index contributed by atoms with van der Waals surface area (Å²) in [5, 5.41) is 0. The quantitative estimate of drug-likeness (QED) is 0.939. The average Bonchev–Trinajstić information content (AvgIpc) is 2.78. The number of hydrogen-bond donors (Lipinski definition) is 1. The van der Waals surface area contributed by atoms with Crippen molar-refractivity contribution in [1.29, 1.82) is 0 Å². The highest BCUT2D eigenvalue weighted by atomic mass is 16.5. The second kappa shape index (κ2) is 5.10. The van der Waals surface area contributed by atoms with Gasteiger partial charge >= 0.3 is 0 Å². The van der Waals surface area contributed by atoms with E-state index in [1.54, 1.807) is 43.4 Å². The standard InChI is InChI=1S/C16H16N2O3/c1-20-13-8-7-10(9-14(13)21-2)18-15(17)11-5-3-4-6-12(11)16(18)19/h3-9,15H,17H2,1-2H3. The van der Waals surface area contributed by atoms with Gasteiger partial charge in [0.15, 0.2) is 11.5 Å². The van der Waals surface area contributed by atoms with Crippen LogP contribution in [0.2, 0.25) is 0 Å². The fourth-order valence-electron chi connectivity index (χ4n) is 2.60. The van der Waals surface area contributed by atoms with Crippen LogP contribution in [0.5, 0.6) is 11.5 Å². The van der Waals surface area contributed by atoms with Crippen molar-refractivity contribution in [3.63, 3.8) is 0 Å². The highest BCUT2D eigenvalue weighted by molar-refractivity contribution is 6.11. The smallest absolute Gasteiger partial charge is 0.260 e. The largest absolute Gasteiger partial charge is 0.493 e. The molecule has 5 heteroatoms. The molecule has 1 aliphatic heterocycles. The summed E-state index contributed by atoms with van der Waals surface area (Å²) in [6, 6.07) is 12.7. The minimum atomic E-state index is -0.494. The van der Waals surface area contributed by atoms with Gasteiger partial charge in [0.2, 0.25) is 0 Å². The molecule has 0 saturated carbocycles. The predicted molar refractivity (Wildman–Crippen MR) is 79.7 cm³/mol. The number of hydrogen-bond acceptors (Lipinski definition) is 4. The Labute approximate surface area is 122 Å². The zero-order valence-electron chi connectivity index (χ0n) is 11.9. The molecule has 21 heavy (non-hydrogen) atoms. The molecular weight excluding hydrogens is 268 g/mol. The minimum Gasteiger partial charge on any atom is -0.493 e. The van der Waals surface area contributed by atoms with Crippen LogP contribution in [-0.2, 0) is 0 Å². The van der Waals surface area contributed by atoms with E-state index in [1.807, 2.05) is 18.2 Å². The van der Waals surface area contributed by atoms with Gasteiger partial charge in [-0.05, 0) is 18.2 Å². The maximum Gasteiger partial charge on any atom is 0.260 e. The van der Waals surface area contributed by atoms with Gasteiger partial charge in [0.05, 0.1) is 14.2 Å². The first-order valence-corrected chi connectivity index (χ1v) is 6.57. The van der Waals surface area contributed by atoms with Crippen molar-refractivity contribution in [2.75, 3.05) is 19.1 Å². The van der Waals surface area contributed by atoms with E-state index in [1.165, 1.54) is 0 Å². The van der Waals surface area contributed by atoms with Gasteiger partial charge < -0.3 is 15.2 Å². The van der Waals surface area contributed by atoms with Gasteiger partial charge in [-0.25, -0.2) is 0 Å². The third-order valence-corrected chi connectivity index (χ3v) is 3.65. The van der Waals surface area contributed by atoms with Gasteiger partial charge in [0.1, 0.15) is 6.17 Å². The lowest BCUT2D eigenvalue weighted by molar-refractivity contribution is 0.0991. The van der Waals surface area contributed by atoms with E-state index in [2.05, 4.69) is 0 Å². The summed E-state index contributed by atoms with van der Waals surface area (Å²) >= 11 is 0. The van der Waals surface area contributed by atoms with Crippen LogP contribution in [0.3, 0.4) is 0 Å². The van der Waals surface area contributed by atoms with Crippen molar-refractivity contribution in [3.05, 3.63) is 53.6 Å². The first kappa shape index (κ1) is 13.5. The predicted octanol–water partition coefficient (Wildman–Crippen LogP) is 2.32. The van der Waals surface area contributed by atoms with Crippen LogP contribution in [0.15, 0.2) is 42.5 Å². The van der Waals surface area contributed by atoms with Crippen LogP contribution in [0.25, 0.3) is 0 Å². The summed E-state index contributed by atoms with van der Waals surface area (Å²) in [5.41, 5.74) is 8.36. The third-order valence-electron chi connectivity index (χ3n) is 3.65. The van der Waals surface area contributed by atoms with Gasteiger partial charge in [0.25, 0.3) is 5.91 Å². The van der Waals surface area contributed by atoms with Crippen molar-refractivity contribution in [2.45, 2.75) is 6.17 Å². The molecule has 2 aromatic rings. The minimum absolute atomic E-state index is 0.106. The van der Waals surface area contributed by atoms with Gasteiger partial charge in [-0.1, -0.05) is 18.2 Å². The van der Waals surface area contributed by atoms with E-state index in [4.69, 9.17) is 15.2 Å². The Balaban J connectivity index is 2.05. The fourth-order valence-corrected chi connectivity index (χ4v) is 2.60. The Hall–Kier alpha value is -2.53. The van der Waals surface area contributed by atoms with Crippen LogP contribution < -0.4 is 20.1 Å². The molecule has 0 aliphatic carbocycles. The molecule has 1 atom stereocenters. The lowest BCUT2D eigenvalue weighted by Gasteiger charge is -2.23. The fraction of sp³-hybridized carbons (Fsp3) is 0.188. The van der Waals surface area contributed by atoms with E-state index in [-0.39, 0.29) is 5.91 Å². The monoisotopic (exact) mass is 284 g/mol.